The molecule has 7 heteroatoms. The van der Waals surface area contributed by atoms with Gasteiger partial charge in [0.2, 0.25) is 0 Å². The Morgan fingerprint density at radius 2 is 2.00 bits per heavy atom. The molecule has 0 aromatic carbocycles. The van der Waals surface area contributed by atoms with Crippen molar-refractivity contribution in [3.63, 3.8) is 0 Å². The molecule has 0 N–H and O–H groups in total. The number of carbonyl (C=O) groups excluding carboxylic acids is 1. The van der Waals surface area contributed by atoms with E-state index in [4.69, 9.17) is 4.74 Å². The summed E-state index contributed by atoms with van der Waals surface area (Å²) in [5.74, 6) is 0.663. The van der Waals surface area contributed by atoms with Crippen LogP contribution in [0.2, 0.25) is 0 Å². The van der Waals surface area contributed by atoms with Crippen LogP contribution in [0.1, 0.15) is 33.9 Å². The van der Waals surface area contributed by atoms with Crippen molar-refractivity contribution in [3.8, 4) is 5.75 Å². The highest BCUT2D eigenvalue weighted by molar-refractivity contribution is 7.11. The lowest BCUT2D eigenvalue weighted by Crippen LogP contribution is -2.41. The number of carbonyl (C=O) groups is 1. The van der Waals surface area contributed by atoms with Crippen molar-refractivity contribution in [2.24, 2.45) is 7.05 Å². The fourth-order valence-corrected chi connectivity index (χ4v) is 3.59. The van der Waals surface area contributed by atoms with Crippen LogP contribution < -0.4 is 10.3 Å². The molecule has 24 heavy (non-hydrogen) atoms. The number of likely N-dealkylation sites (tertiary alicyclic amines) is 1. The number of amides is 1. The average Bonchev–Trinajstić information content (AvgIpc) is 2.98. The Morgan fingerprint density at radius 1 is 1.29 bits per heavy atom. The summed E-state index contributed by atoms with van der Waals surface area (Å²) in [5.41, 5.74) is 3.29. The van der Waals surface area contributed by atoms with Gasteiger partial charge in [0.15, 0.2) is 0 Å². The molecule has 0 bridgehead atoms. The van der Waals surface area contributed by atoms with E-state index in [9.17, 15) is 9.59 Å². The second kappa shape index (κ2) is 6.76. The molecule has 1 fully saturated rings. The summed E-state index contributed by atoms with van der Waals surface area (Å²) < 4.78 is 7.54. The molecule has 1 aliphatic heterocycles. The number of thiazole rings is 1. The molecule has 2 aromatic rings. The van der Waals surface area contributed by atoms with Crippen LogP contribution >= 0.6 is 11.3 Å². The molecule has 1 aliphatic rings. The van der Waals surface area contributed by atoms with E-state index in [0.717, 1.165) is 29.1 Å². The van der Waals surface area contributed by atoms with Crippen LogP contribution in [0.5, 0.6) is 5.75 Å². The molecule has 3 rings (SSSR count). The molecule has 0 radical (unpaired) electrons. The molecule has 0 saturated carbocycles. The number of piperidine rings is 1. The molecule has 3 heterocycles. The third-order valence-electron chi connectivity index (χ3n) is 4.45. The first-order valence-electron chi connectivity index (χ1n) is 7.99. The van der Waals surface area contributed by atoms with Crippen molar-refractivity contribution in [2.45, 2.75) is 32.8 Å². The first-order chi connectivity index (χ1) is 11.5. The van der Waals surface area contributed by atoms with Gasteiger partial charge >= 0.3 is 0 Å². The van der Waals surface area contributed by atoms with Crippen molar-refractivity contribution >= 4 is 17.2 Å². The van der Waals surface area contributed by atoms with Crippen LogP contribution in [0.25, 0.3) is 0 Å². The molecule has 1 amide bonds. The molecular formula is C17H21N3O3S. The van der Waals surface area contributed by atoms with Crippen molar-refractivity contribution in [3.05, 3.63) is 44.3 Å². The lowest BCUT2D eigenvalue weighted by Gasteiger charge is -2.32. The van der Waals surface area contributed by atoms with E-state index in [-0.39, 0.29) is 17.6 Å². The number of hydrogen-bond donors (Lipinski definition) is 0. The second-order valence-corrected chi connectivity index (χ2v) is 6.96. The summed E-state index contributed by atoms with van der Waals surface area (Å²) in [7, 11) is 1.74. The Kier molecular flexibility index (Phi) is 4.71. The van der Waals surface area contributed by atoms with E-state index in [1.165, 1.54) is 17.4 Å². The minimum absolute atomic E-state index is 0.0307. The van der Waals surface area contributed by atoms with E-state index >= 15 is 0 Å². The van der Waals surface area contributed by atoms with Gasteiger partial charge in [-0.15, -0.1) is 11.3 Å². The van der Waals surface area contributed by atoms with Gasteiger partial charge in [-0.1, -0.05) is 0 Å². The van der Waals surface area contributed by atoms with Crippen LogP contribution in [-0.2, 0) is 7.05 Å². The molecule has 128 valence electrons. The maximum absolute atomic E-state index is 12.5. The quantitative estimate of drug-likeness (QED) is 0.853. The number of nitrogens with zero attached hydrogens (tertiary/aromatic N) is 3. The zero-order chi connectivity index (χ0) is 17.3. The second-order valence-electron chi connectivity index (χ2n) is 6.11. The molecule has 1 saturated heterocycles. The number of aromatic nitrogens is 2. The SMILES string of the molecule is Cc1ncsc1C(=O)N1CCC(Oc2cc(C)n(C)c(=O)c2)CC1. The number of ether oxygens (including phenoxy) is 1. The van der Waals surface area contributed by atoms with Gasteiger partial charge in [0.1, 0.15) is 16.7 Å². The van der Waals surface area contributed by atoms with Crippen LogP contribution in [0, 0.1) is 13.8 Å². The number of rotatable bonds is 3. The molecule has 0 aliphatic carbocycles. The van der Waals surface area contributed by atoms with Gasteiger partial charge in [0.25, 0.3) is 11.5 Å². The minimum atomic E-state index is -0.0710. The molecule has 0 spiro atoms. The monoisotopic (exact) mass is 347 g/mol. The summed E-state index contributed by atoms with van der Waals surface area (Å²) >= 11 is 1.39. The van der Waals surface area contributed by atoms with Crippen LogP contribution in [0.3, 0.4) is 0 Å². The topological polar surface area (TPSA) is 64.4 Å². The zero-order valence-corrected chi connectivity index (χ0v) is 14.9. The highest BCUT2D eigenvalue weighted by Gasteiger charge is 2.26. The van der Waals surface area contributed by atoms with Crippen LogP contribution in [0.15, 0.2) is 22.4 Å². The van der Waals surface area contributed by atoms with Crippen molar-refractivity contribution in [1.82, 2.24) is 14.5 Å². The highest BCUT2D eigenvalue weighted by Crippen LogP contribution is 2.22. The van der Waals surface area contributed by atoms with Gasteiger partial charge in [-0.2, -0.15) is 0 Å². The number of hydrogen-bond acceptors (Lipinski definition) is 5. The Bertz CT molecular complexity index is 804. The van der Waals surface area contributed by atoms with Gasteiger partial charge in [0, 0.05) is 44.7 Å². The first-order valence-corrected chi connectivity index (χ1v) is 8.87. The third-order valence-corrected chi connectivity index (χ3v) is 5.36. The van der Waals surface area contributed by atoms with Crippen molar-refractivity contribution in [2.75, 3.05) is 13.1 Å². The molecule has 6 nitrogen and oxygen atoms in total. The standard InChI is InChI=1S/C17H21N3O3S/c1-11-8-14(9-15(21)19(11)3)23-13-4-6-20(7-5-13)17(22)16-12(2)18-10-24-16/h8-10,13H,4-7H2,1-3H3. The maximum atomic E-state index is 12.5. The molecular weight excluding hydrogens is 326 g/mol. The summed E-state index contributed by atoms with van der Waals surface area (Å²) in [6, 6.07) is 3.39. The van der Waals surface area contributed by atoms with E-state index < -0.39 is 0 Å². The highest BCUT2D eigenvalue weighted by atomic mass is 32.1. The Balaban J connectivity index is 1.60. The van der Waals surface area contributed by atoms with Gasteiger partial charge in [0.05, 0.1) is 11.2 Å². The predicted molar refractivity (Wildman–Crippen MR) is 92.8 cm³/mol. The van der Waals surface area contributed by atoms with Crippen LogP contribution in [0.4, 0.5) is 0 Å². The summed E-state index contributed by atoms with van der Waals surface area (Å²) in [6.07, 6.45) is 1.55. The normalized spacial score (nSPS) is 15.5. The van der Waals surface area contributed by atoms with Crippen LogP contribution in [-0.4, -0.2) is 39.6 Å². The summed E-state index contributed by atoms with van der Waals surface area (Å²) in [5, 5.41) is 0. The maximum Gasteiger partial charge on any atom is 0.265 e. The van der Waals surface area contributed by atoms with E-state index in [1.807, 2.05) is 24.8 Å². The largest absolute Gasteiger partial charge is 0.490 e. The summed E-state index contributed by atoms with van der Waals surface area (Å²) in [4.78, 5) is 31.0. The minimum Gasteiger partial charge on any atom is -0.490 e. The first kappa shape index (κ1) is 16.7. The molecule has 0 atom stereocenters. The fraction of sp³-hybridized carbons (Fsp3) is 0.471. The third kappa shape index (κ3) is 3.36. The average molecular weight is 347 g/mol. The number of aryl methyl sites for hydroxylation is 2. The number of pyridine rings is 1. The zero-order valence-electron chi connectivity index (χ0n) is 14.1. The lowest BCUT2D eigenvalue weighted by atomic mass is 10.1. The van der Waals surface area contributed by atoms with Gasteiger partial charge < -0.3 is 14.2 Å². The van der Waals surface area contributed by atoms with E-state index in [1.54, 1.807) is 17.1 Å². The fourth-order valence-electron chi connectivity index (χ4n) is 2.82. The Morgan fingerprint density at radius 3 is 2.58 bits per heavy atom. The van der Waals surface area contributed by atoms with Gasteiger partial charge in [-0.05, 0) is 19.9 Å². The Labute approximate surface area is 144 Å². The predicted octanol–water partition coefficient (Wildman–Crippen LogP) is 2.14. The van der Waals surface area contributed by atoms with Gasteiger partial charge in [-0.3, -0.25) is 9.59 Å². The van der Waals surface area contributed by atoms with E-state index in [2.05, 4.69) is 4.98 Å². The summed E-state index contributed by atoms with van der Waals surface area (Å²) in [6.45, 7) is 5.06. The molecule has 2 aromatic heterocycles. The smallest absolute Gasteiger partial charge is 0.265 e. The van der Waals surface area contributed by atoms with Crippen molar-refractivity contribution in [1.29, 1.82) is 0 Å². The van der Waals surface area contributed by atoms with Gasteiger partial charge in [-0.25, -0.2) is 4.98 Å². The Hall–Kier alpha value is -2.15. The lowest BCUT2D eigenvalue weighted by molar-refractivity contribution is 0.0598. The van der Waals surface area contributed by atoms with Crippen molar-refractivity contribution < 1.29 is 9.53 Å². The van der Waals surface area contributed by atoms with E-state index in [0.29, 0.717) is 18.8 Å². The molecule has 0 unspecified atom stereocenters.